The van der Waals surface area contributed by atoms with Gasteiger partial charge < -0.3 is 5.32 Å². The Balaban J connectivity index is 1.58. The molecule has 7 heteroatoms. The number of benzene rings is 2. The molecule has 0 radical (unpaired) electrons. The van der Waals surface area contributed by atoms with Gasteiger partial charge in [0.25, 0.3) is 0 Å². The Kier molecular flexibility index (Phi) is 8.28. The lowest BCUT2D eigenvalue weighted by Crippen LogP contribution is -2.34. The molecule has 0 aliphatic rings. The number of sulfonamides is 1. The van der Waals surface area contributed by atoms with Crippen LogP contribution in [0.1, 0.15) is 24.8 Å². The predicted octanol–water partition coefficient (Wildman–Crippen LogP) is 3.26. The van der Waals surface area contributed by atoms with Gasteiger partial charge in [0.1, 0.15) is 0 Å². The summed E-state index contributed by atoms with van der Waals surface area (Å²) in [6.07, 6.45) is 3.13. The Morgan fingerprint density at radius 3 is 2.31 bits per heavy atom. The van der Waals surface area contributed by atoms with Crippen molar-refractivity contribution in [3.05, 3.63) is 64.6 Å². The number of hydrogen-bond acceptors (Lipinski definition) is 3. The first-order valence-electron chi connectivity index (χ1n) is 8.53. The van der Waals surface area contributed by atoms with Gasteiger partial charge >= 0.3 is 0 Å². The number of carbonyl (C=O) groups is 1. The normalized spacial score (nSPS) is 11.3. The maximum Gasteiger partial charge on any atom is 0.240 e. The number of rotatable bonds is 10. The van der Waals surface area contributed by atoms with Crippen molar-refractivity contribution < 1.29 is 13.2 Å². The third-order valence-corrected chi connectivity index (χ3v) is 5.83. The number of hydrogen-bond donors (Lipinski definition) is 2. The fourth-order valence-electron chi connectivity index (χ4n) is 2.42. The number of nitrogens with one attached hydrogen (secondary N) is 2. The van der Waals surface area contributed by atoms with Crippen LogP contribution < -0.4 is 10.0 Å². The van der Waals surface area contributed by atoms with E-state index < -0.39 is 10.0 Å². The van der Waals surface area contributed by atoms with Crippen LogP contribution in [0.15, 0.2) is 64.0 Å². The molecule has 2 aromatic rings. The van der Waals surface area contributed by atoms with Crippen LogP contribution in [-0.4, -0.2) is 27.4 Å². The molecule has 0 aliphatic carbocycles. The molecule has 0 saturated carbocycles. The Labute approximate surface area is 163 Å². The largest absolute Gasteiger partial charge is 0.355 e. The number of amides is 1. The van der Waals surface area contributed by atoms with Crippen LogP contribution in [0.4, 0.5) is 0 Å². The lowest BCUT2D eigenvalue weighted by Gasteiger charge is -2.08. The van der Waals surface area contributed by atoms with Crippen molar-refractivity contribution in [2.45, 2.75) is 30.6 Å². The first kappa shape index (κ1) is 20.6. The van der Waals surface area contributed by atoms with Gasteiger partial charge in [-0.1, -0.05) is 46.3 Å². The topological polar surface area (TPSA) is 75.3 Å². The zero-order valence-electron chi connectivity index (χ0n) is 14.4. The van der Waals surface area contributed by atoms with E-state index in [0.717, 1.165) is 23.7 Å². The molecule has 0 atom stereocenters. The lowest BCUT2D eigenvalue weighted by molar-refractivity contribution is -0.121. The van der Waals surface area contributed by atoms with Crippen molar-refractivity contribution in [1.29, 1.82) is 0 Å². The molecule has 0 aromatic heterocycles. The Bertz CT molecular complexity index is 793. The van der Waals surface area contributed by atoms with Crippen molar-refractivity contribution >= 4 is 31.9 Å². The van der Waals surface area contributed by atoms with E-state index in [1.165, 1.54) is 17.7 Å². The summed E-state index contributed by atoms with van der Waals surface area (Å²) in [5, 5.41) is 2.74. The van der Waals surface area contributed by atoms with Crippen LogP contribution in [0.25, 0.3) is 0 Å². The van der Waals surface area contributed by atoms with Gasteiger partial charge in [-0.05, 0) is 49.1 Å². The highest BCUT2D eigenvalue weighted by Gasteiger charge is 2.12. The van der Waals surface area contributed by atoms with Gasteiger partial charge in [0.2, 0.25) is 15.9 Å². The number of carbonyl (C=O) groups excluding carboxylic acids is 1. The van der Waals surface area contributed by atoms with E-state index >= 15 is 0 Å². The highest BCUT2D eigenvalue weighted by molar-refractivity contribution is 9.10. The molecule has 140 valence electrons. The van der Waals surface area contributed by atoms with Gasteiger partial charge in [0.15, 0.2) is 0 Å². The van der Waals surface area contributed by atoms with Crippen LogP contribution in [-0.2, 0) is 21.2 Å². The Morgan fingerprint density at radius 2 is 1.62 bits per heavy atom. The molecule has 0 fully saturated rings. The van der Waals surface area contributed by atoms with Crippen LogP contribution in [0.2, 0.25) is 0 Å². The second kappa shape index (κ2) is 10.4. The maximum absolute atomic E-state index is 12.0. The number of halogens is 1. The van der Waals surface area contributed by atoms with Gasteiger partial charge in [-0.2, -0.15) is 0 Å². The molecule has 0 aliphatic heterocycles. The molecule has 5 nitrogen and oxygen atoms in total. The minimum atomic E-state index is -3.52. The summed E-state index contributed by atoms with van der Waals surface area (Å²) in [6.45, 7) is 0.444. The van der Waals surface area contributed by atoms with Gasteiger partial charge in [0, 0.05) is 24.0 Å². The standard InChI is InChI=1S/C19H23BrN2O3S/c20-17-12-10-16(11-13-17)6-4-5-9-19(23)21-14-15-22-26(24,25)18-7-2-1-3-8-18/h1-3,7-8,10-13,22H,4-6,9,14-15H2,(H,21,23). The number of unbranched alkanes of at least 4 members (excludes halogenated alkanes) is 1. The van der Waals surface area contributed by atoms with E-state index in [2.05, 4.69) is 38.1 Å². The van der Waals surface area contributed by atoms with E-state index in [1.54, 1.807) is 18.2 Å². The zero-order chi connectivity index (χ0) is 18.8. The van der Waals surface area contributed by atoms with Crippen molar-refractivity contribution in [3.8, 4) is 0 Å². The van der Waals surface area contributed by atoms with Crippen molar-refractivity contribution in [3.63, 3.8) is 0 Å². The average Bonchev–Trinajstić information content (AvgIpc) is 2.64. The second-order valence-corrected chi connectivity index (χ2v) is 8.58. The Hall–Kier alpha value is -1.70. The monoisotopic (exact) mass is 438 g/mol. The van der Waals surface area contributed by atoms with Crippen molar-refractivity contribution in [2.24, 2.45) is 0 Å². The molecule has 26 heavy (non-hydrogen) atoms. The quantitative estimate of drug-likeness (QED) is 0.558. The van der Waals surface area contributed by atoms with E-state index in [-0.39, 0.29) is 23.9 Å². The molecule has 0 spiro atoms. The minimum Gasteiger partial charge on any atom is -0.355 e. The first-order valence-corrected chi connectivity index (χ1v) is 10.8. The molecule has 2 N–H and O–H groups in total. The van der Waals surface area contributed by atoms with Gasteiger partial charge in [0.05, 0.1) is 4.90 Å². The van der Waals surface area contributed by atoms with E-state index in [9.17, 15) is 13.2 Å². The van der Waals surface area contributed by atoms with Crippen LogP contribution in [0.5, 0.6) is 0 Å². The molecular weight excluding hydrogens is 416 g/mol. The van der Waals surface area contributed by atoms with Crippen LogP contribution in [0, 0.1) is 0 Å². The van der Waals surface area contributed by atoms with E-state index in [0.29, 0.717) is 6.42 Å². The van der Waals surface area contributed by atoms with Crippen LogP contribution in [0.3, 0.4) is 0 Å². The van der Waals surface area contributed by atoms with Gasteiger partial charge in [-0.3, -0.25) is 4.79 Å². The molecule has 0 bridgehead atoms. The van der Waals surface area contributed by atoms with E-state index in [4.69, 9.17) is 0 Å². The Morgan fingerprint density at radius 1 is 0.923 bits per heavy atom. The molecule has 0 saturated heterocycles. The molecule has 0 unspecified atom stereocenters. The zero-order valence-corrected chi connectivity index (χ0v) is 16.9. The third-order valence-electron chi connectivity index (χ3n) is 3.83. The second-order valence-electron chi connectivity index (χ2n) is 5.89. The fraction of sp³-hybridized carbons (Fsp3) is 0.316. The van der Waals surface area contributed by atoms with Crippen molar-refractivity contribution in [1.82, 2.24) is 10.0 Å². The van der Waals surface area contributed by atoms with Gasteiger partial charge in [-0.25, -0.2) is 13.1 Å². The molecule has 0 heterocycles. The maximum atomic E-state index is 12.0. The summed E-state index contributed by atoms with van der Waals surface area (Å²) < 4.78 is 27.6. The average molecular weight is 439 g/mol. The predicted molar refractivity (Wildman–Crippen MR) is 106 cm³/mol. The summed E-state index contributed by atoms with van der Waals surface area (Å²) in [5.41, 5.74) is 1.25. The molecule has 2 aromatic carbocycles. The first-order chi connectivity index (χ1) is 12.5. The van der Waals surface area contributed by atoms with Gasteiger partial charge in [-0.15, -0.1) is 0 Å². The highest BCUT2D eigenvalue weighted by atomic mass is 79.9. The summed E-state index contributed by atoms with van der Waals surface area (Å²) in [5.74, 6) is -0.0558. The van der Waals surface area contributed by atoms with Crippen LogP contribution >= 0.6 is 15.9 Å². The lowest BCUT2D eigenvalue weighted by atomic mass is 10.1. The summed E-state index contributed by atoms with van der Waals surface area (Å²) in [6, 6.07) is 16.3. The minimum absolute atomic E-state index is 0.0558. The fourth-order valence-corrected chi connectivity index (χ4v) is 3.74. The summed E-state index contributed by atoms with van der Waals surface area (Å²) >= 11 is 3.41. The van der Waals surface area contributed by atoms with E-state index in [1.807, 2.05) is 12.1 Å². The molecule has 1 amide bonds. The molecular formula is C19H23BrN2O3S. The SMILES string of the molecule is O=C(CCCCc1ccc(Br)cc1)NCCNS(=O)(=O)c1ccccc1. The summed E-state index contributed by atoms with van der Waals surface area (Å²) in [4.78, 5) is 12.0. The third kappa shape index (κ3) is 7.27. The highest BCUT2D eigenvalue weighted by Crippen LogP contribution is 2.12. The smallest absolute Gasteiger partial charge is 0.240 e. The molecule has 2 rings (SSSR count). The van der Waals surface area contributed by atoms with Crippen molar-refractivity contribution in [2.75, 3.05) is 13.1 Å². The number of aryl methyl sites for hydroxylation is 1. The summed E-state index contributed by atoms with van der Waals surface area (Å²) in [7, 11) is -3.52.